The lowest BCUT2D eigenvalue weighted by Gasteiger charge is -2.29. The molecule has 0 N–H and O–H groups in total. The van der Waals surface area contributed by atoms with Gasteiger partial charge in [0.2, 0.25) is 10.0 Å². The fraction of sp³-hybridized carbons (Fsp3) is 0.579. The summed E-state index contributed by atoms with van der Waals surface area (Å²) in [5, 5.41) is 22.0. The van der Waals surface area contributed by atoms with Gasteiger partial charge in [-0.05, 0) is 24.8 Å². The van der Waals surface area contributed by atoms with Crippen molar-refractivity contribution in [1.82, 2.24) is 14.5 Å². The van der Waals surface area contributed by atoms with E-state index in [1.165, 1.54) is 54.3 Å². The van der Waals surface area contributed by atoms with Crippen LogP contribution in [0, 0.1) is 16.0 Å². The number of benzene rings is 1. The van der Waals surface area contributed by atoms with Crippen molar-refractivity contribution in [1.29, 1.82) is 0 Å². The maximum absolute atomic E-state index is 12.9. The molecule has 2 heterocycles. The normalized spacial score (nSPS) is 19.6. The molecule has 1 aliphatic carbocycles. The van der Waals surface area contributed by atoms with Crippen LogP contribution in [-0.4, -0.2) is 40.9 Å². The standard InChI is InChI=1S/C19H24N4O4S2/c24-23(25)16-7-3-4-8-17(16)29(26,27)22-11-9-15(10-12-22)19-21-20-18(28-19)13-14-5-1-2-6-14/h3-4,7-8,14-15H,1-2,5-6,9-13H2. The first-order chi connectivity index (χ1) is 13.9. The van der Waals surface area contributed by atoms with Gasteiger partial charge in [0.1, 0.15) is 10.0 Å². The van der Waals surface area contributed by atoms with E-state index >= 15 is 0 Å². The monoisotopic (exact) mass is 436 g/mol. The SMILES string of the molecule is O=[N+]([O-])c1ccccc1S(=O)(=O)N1CCC(c2nnc(CC3CCCC3)s2)CC1. The van der Waals surface area contributed by atoms with Crippen LogP contribution in [0.5, 0.6) is 0 Å². The van der Waals surface area contributed by atoms with E-state index in [1.807, 2.05) is 0 Å². The van der Waals surface area contributed by atoms with Crippen LogP contribution in [0.15, 0.2) is 29.2 Å². The highest BCUT2D eigenvalue weighted by Crippen LogP contribution is 2.35. The number of nitrogens with zero attached hydrogens (tertiary/aromatic N) is 4. The highest BCUT2D eigenvalue weighted by atomic mass is 32.2. The van der Waals surface area contributed by atoms with Gasteiger partial charge in [-0.3, -0.25) is 10.1 Å². The molecule has 8 nitrogen and oxygen atoms in total. The second-order valence-electron chi connectivity index (χ2n) is 7.79. The van der Waals surface area contributed by atoms with Crippen LogP contribution in [0.1, 0.15) is 54.5 Å². The van der Waals surface area contributed by atoms with Crippen molar-refractivity contribution >= 4 is 27.0 Å². The third-order valence-electron chi connectivity index (χ3n) is 5.90. The molecule has 1 aliphatic heterocycles. The Balaban J connectivity index is 1.42. The summed E-state index contributed by atoms with van der Waals surface area (Å²) >= 11 is 1.66. The van der Waals surface area contributed by atoms with Crippen LogP contribution in [0.3, 0.4) is 0 Å². The minimum Gasteiger partial charge on any atom is -0.258 e. The Bertz CT molecular complexity index is 978. The minimum atomic E-state index is -3.89. The van der Waals surface area contributed by atoms with Gasteiger partial charge >= 0.3 is 0 Å². The molecule has 0 unspecified atom stereocenters. The molecule has 1 saturated carbocycles. The largest absolute Gasteiger partial charge is 0.289 e. The molecule has 4 rings (SSSR count). The number of nitro benzene ring substituents is 1. The van der Waals surface area contributed by atoms with Gasteiger partial charge in [-0.25, -0.2) is 8.42 Å². The fourth-order valence-corrected chi connectivity index (χ4v) is 7.04. The van der Waals surface area contributed by atoms with Crippen LogP contribution in [0.2, 0.25) is 0 Å². The predicted octanol–water partition coefficient (Wildman–Crippen LogP) is 3.75. The zero-order chi connectivity index (χ0) is 20.4. The van der Waals surface area contributed by atoms with Gasteiger partial charge < -0.3 is 0 Å². The molecule has 29 heavy (non-hydrogen) atoms. The molecule has 0 spiro atoms. The topological polar surface area (TPSA) is 106 Å². The van der Waals surface area contributed by atoms with Crippen molar-refractivity contribution in [3.05, 3.63) is 44.4 Å². The Morgan fingerprint density at radius 3 is 2.48 bits per heavy atom. The smallest absolute Gasteiger partial charge is 0.258 e. The molecule has 0 bridgehead atoms. The first-order valence-electron chi connectivity index (χ1n) is 10.0. The summed E-state index contributed by atoms with van der Waals surface area (Å²) < 4.78 is 27.3. The molecule has 2 fully saturated rings. The Labute approximate surface area is 174 Å². The highest BCUT2D eigenvalue weighted by molar-refractivity contribution is 7.89. The van der Waals surface area contributed by atoms with Crippen molar-refractivity contribution in [2.75, 3.05) is 13.1 Å². The summed E-state index contributed by atoms with van der Waals surface area (Å²) in [5.41, 5.74) is -0.379. The van der Waals surface area contributed by atoms with E-state index in [0.29, 0.717) is 25.9 Å². The molecule has 2 aromatic rings. The van der Waals surface area contributed by atoms with Gasteiger partial charge in [0, 0.05) is 31.5 Å². The minimum absolute atomic E-state index is 0.196. The van der Waals surface area contributed by atoms with E-state index < -0.39 is 14.9 Å². The van der Waals surface area contributed by atoms with Crippen molar-refractivity contribution in [2.45, 2.75) is 55.8 Å². The second kappa shape index (κ2) is 8.45. The molecule has 0 radical (unpaired) electrons. The Hall–Kier alpha value is -1.91. The molecular formula is C19H24N4O4S2. The summed E-state index contributed by atoms with van der Waals surface area (Å²) in [7, 11) is -3.89. The van der Waals surface area contributed by atoms with Crippen molar-refractivity contribution in [2.24, 2.45) is 5.92 Å². The lowest BCUT2D eigenvalue weighted by atomic mass is 9.99. The Kier molecular flexibility index (Phi) is 5.93. The third kappa shape index (κ3) is 4.34. The molecule has 1 aromatic carbocycles. The maximum Gasteiger partial charge on any atom is 0.289 e. The van der Waals surface area contributed by atoms with Gasteiger partial charge in [0.15, 0.2) is 4.90 Å². The predicted molar refractivity (Wildman–Crippen MR) is 109 cm³/mol. The number of piperidine rings is 1. The molecular weight excluding hydrogens is 412 g/mol. The van der Waals surface area contributed by atoms with Gasteiger partial charge in [0.05, 0.1) is 4.92 Å². The summed E-state index contributed by atoms with van der Waals surface area (Å²) in [5.74, 6) is 0.923. The lowest BCUT2D eigenvalue weighted by molar-refractivity contribution is -0.387. The molecule has 1 aromatic heterocycles. The quantitative estimate of drug-likeness (QED) is 0.504. The summed E-state index contributed by atoms with van der Waals surface area (Å²) in [4.78, 5) is 10.3. The maximum atomic E-state index is 12.9. The first-order valence-corrected chi connectivity index (χ1v) is 12.3. The van der Waals surface area contributed by atoms with Gasteiger partial charge in [-0.2, -0.15) is 4.31 Å². The van der Waals surface area contributed by atoms with Gasteiger partial charge in [-0.15, -0.1) is 21.5 Å². The number of nitro groups is 1. The number of sulfonamides is 1. The molecule has 0 amide bonds. The average Bonchev–Trinajstić information content (AvgIpc) is 3.41. The van der Waals surface area contributed by atoms with Crippen LogP contribution in [0.25, 0.3) is 0 Å². The molecule has 2 aliphatic rings. The molecule has 0 atom stereocenters. The second-order valence-corrected chi connectivity index (χ2v) is 10.8. The zero-order valence-electron chi connectivity index (χ0n) is 16.1. The van der Waals surface area contributed by atoms with Gasteiger partial charge in [0.25, 0.3) is 5.69 Å². The van der Waals surface area contributed by atoms with Gasteiger partial charge in [-0.1, -0.05) is 37.8 Å². The van der Waals surface area contributed by atoms with E-state index in [0.717, 1.165) is 22.4 Å². The van der Waals surface area contributed by atoms with Crippen molar-refractivity contribution in [3.8, 4) is 0 Å². The summed E-state index contributed by atoms with van der Waals surface area (Å²) in [6, 6.07) is 5.52. The number of aromatic nitrogens is 2. The third-order valence-corrected chi connectivity index (χ3v) is 8.96. The lowest BCUT2D eigenvalue weighted by Crippen LogP contribution is -2.38. The number of para-hydroxylation sites is 1. The van der Waals surface area contributed by atoms with Crippen LogP contribution in [0.4, 0.5) is 5.69 Å². The van der Waals surface area contributed by atoms with Crippen LogP contribution >= 0.6 is 11.3 Å². The summed E-state index contributed by atoms with van der Waals surface area (Å²) in [6.45, 7) is 0.660. The fourth-order valence-electron chi connectivity index (χ4n) is 4.28. The van der Waals surface area contributed by atoms with E-state index in [4.69, 9.17) is 0 Å². The number of hydrogen-bond acceptors (Lipinski definition) is 7. The number of hydrogen-bond donors (Lipinski definition) is 0. The van der Waals surface area contributed by atoms with E-state index in [1.54, 1.807) is 11.3 Å². The van der Waals surface area contributed by atoms with E-state index in [2.05, 4.69) is 10.2 Å². The van der Waals surface area contributed by atoms with Crippen molar-refractivity contribution < 1.29 is 13.3 Å². The Morgan fingerprint density at radius 1 is 1.10 bits per heavy atom. The first kappa shape index (κ1) is 20.4. The average molecular weight is 437 g/mol. The van der Waals surface area contributed by atoms with E-state index in [9.17, 15) is 18.5 Å². The summed E-state index contributed by atoms with van der Waals surface area (Å²) in [6.07, 6.45) is 7.47. The number of rotatable bonds is 6. The Morgan fingerprint density at radius 2 is 1.79 bits per heavy atom. The molecule has 156 valence electrons. The molecule has 1 saturated heterocycles. The van der Waals surface area contributed by atoms with Crippen LogP contribution < -0.4 is 0 Å². The molecule has 10 heteroatoms. The van der Waals surface area contributed by atoms with Crippen LogP contribution in [-0.2, 0) is 16.4 Å². The van der Waals surface area contributed by atoms with E-state index in [-0.39, 0.29) is 16.5 Å². The zero-order valence-corrected chi connectivity index (χ0v) is 17.7. The van der Waals surface area contributed by atoms with Crippen molar-refractivity contribution in [3.63, 3.8) is 0 Å². The highest BCUT2D eigenvalue weighted by Gasteiger charge is 2.35.